The first-order valence-corrected chi connectivity index (χ1v) is 13.9. The molecular formula is C38H34N2O. The summed E-state index contributed by atoms with van der Waals surface area (Å²) in [5.41, 5.74) is 7.91. The van der Waals surface area contributed by atoms with Gasteiger partial charge in [0, 0.05) is 17.6 Å². The molecule has 202 valence electrons. The Balaban J connectivity index is 1.60. The van der Waals surface area contributed by atoms with Crippen molar-refractivity contribution in [3.8, 4) is 28.2 Å². The number of rotatable bonds is 5. The van der Waals surface area contributed by atoms with Gasteiger partial charge in [0.15, 0.2) is 0 Å². The van der Waals surface area contributed by atoms with E-state index in [4.69, 9.17) is 13.5 Å². The third-order valence-corrected chi connectivity index (χ3v) is 7.82. The Morgan fingerprint density at radius 1 is 0.732 bits per heavy atom. The van der Waals surface area contributed by atoms with Gasteiger partial charge in [0.2, 0.25) is 0 Å². The Morgan fingerprint density at radius 3 is 2.20 bits per heavy atom. The topological polar surface area (TPSA) is 31.0 Å². The molecule has 0 aliphatic carbocycles. The zero-order valence-electron chi connectivity index (χ0n) is 28.6. The van der Waals surface area contributed by atoms with Gasteiger partial charge in [-0.25, -0.2) is 4.98 Å². The van der Waals surface area contributed by atoms with E-state index in [9.17, 15) is 2.74 Å². The molecule has 0 spiro atoms. The molecule has 0 bridgehead atoms. The lowest BCUT2D eigenvalue weighted by atomic mass is 9.88. The van der Waals surface area contributed by atoms with Crippen LogP contribution in [0.15, 0.2) is 108 Å². The number of hydrogen-bond acceptors (Lipinski definition) is 2. The summed E-state index contributed by atoms with van der Waals surface area (Å²) in [5, 5.41) is 1.67. The monoisotopic (exact) mass is 539 g/mol. The molecule has 7 rings (SSSR count). The van der Waals surface area contributed by atoms with Crippen LogP contribution in [0.5, 0.6) is 0 Å². The molecule has 0 radical (unpaired) electrons. The van der Waals surface area contributed by atoms with Gasteiger partial charge in [-0.05, 0) is 82.9 Å². The van der Waals surface area contributed by atoms with Crippen LogP contribution in [0.4, 0.5) is 0 Å². The molecule has 5 aromatic carbocycles. The number of imidazole rings is 1. The second-order valence-electron chi connectivity index (χ2n) is 11.0. The molecule has 0 aliphatic rings. The van der Waals surface area contributed by atoms with E-state index in [0.717, 1.165) is 55.3 Å². The number of aromatic nitrogens is 2. The van der Waals surface area contributed by atoms with E-state index in [1.165, 1.54) is 0 Å². The van der Waals surface area contributed by atoms with Crippen molar-refractivity contribution in [1.82, 2.24) is 9.55 Å². The van der Waals surface area contributed by atoms with E-state index in [1.807, 2.05) is 88.4 Å². The third kappa shape index (κ3) is 4.15. The Labute approximate surface area is 248 Å². The van der Waals surface area contributed by atoms with E-state index < -0.39 is 18.6 Å². The summed E-state index contributed by atoms with van der Waals surface area (Å²) >= 11 is 0. The van der Waals surface area contributed by atoms with Crippen molar-refractivity contribution in [2.75, 3.05) is 0 Å². The molecule has 7 aromatic rings. The first-order chi connectivity index (χ1) is 21.7. The van der Waals surface area contributed by atoms with Gasteiger partial charge in [0.1, 0.15) is 17.0 Å². The largest absolute Gasteiger partial charge is 0.455 e. The maximum absolute atomic E-state index is 9.37. The standard InChI is InChI=1S/C38H34N2O/c1-23(2)31-21-27(26-12-7-6-8-13-26)22-32(24(3)4)36(31)40-34-17-10-9-16-33(34)39-38(40)30-15-11-14-29-28-19-18-25(5)20-35(28)41-37(29)30/h6-24H,1-5H3/i5D3,23D,24D. The fraction of sp³-hybridized carbons (Fsp3) is 0.184. The predicted octanol–water partition coefficient (Wildman–Crippen LogP) is 10.8. The first kappa shape index (κ1) is 20.3. The zero-order chi connectivity index (χ0) is 32.6. The van der Waals surface area contributed by atoms with Gasteiger partial charge >= 0.3 is 0 Å². The summed E-state index contributed by atoms with van der Waals surface area (Å²) in [4.78, 5) is 5.15. The minimum absolute atomic E-state index is 0.219. The Hall–Kier alpha value is -4.63. The molecular weight excluding hydrogens is 500 g/mol. The molecule has 3 heteroatoms. The summed E-state index contributed by atoms with van der Waals surface area (Å²) in [5.74, 6) is -1.44. The predicted molar refractivity (Wildman–Crippen MR) is 172 cm³/mol. The Kier molecular flexibility index (Phi) is 4.84. The van der Waals surface area contributed by atoms with Crippen LogP contribution < -0.4 is 0 Å². The van der Waals surface area contributed by atoms with Gasteiger partial charge < -0.3 is 4.42 Å². The maximum atomic E-state index is 9.37. The molecule has 0 N–H and O–H groups in total. The third-order valence-electron chi connectivity index (χ3n) is 7.82. The van der Waals surface area contributed by atoms with Crippen molar-refractivity contribution in [1.29, 1.82) is 0 Å². The molecule has 0 aliphatic heterocycles. The van der Waals surface area contributed by atoms with Gasteiger partial charge in [-0.1, -0.05) is 94.4 Å². The summed E-state index contributed by atoms with van der Waals surface area (Å²) < 4.78 is 51.0. The van der Waals surface area contributed by atoms with E-state index in [1.54, 1.807) is 18.2 Å². The van der Waals surface area contributed by atoms with Gasteiger partial charge in [-0.2, -0.15) is 0 Å². The Morgan fingerprint density at radius 2 is 1.46 bits per heavy atom. The van der Waals surface area contributed by atoms with Crippen LogP contribution in [0.1, 0.15) is 63.0 Å². The summed E-state index contributed by atoms with van der Waals surface area (Å²) in [7, 11) is 0. The second-order valence-corrected chi connectivity index (χ2v) is 11.0. The molecule has 41 heavy (non-hydrogen) atoms. The average molecular weight is 540 g/mol. The first-order valence-electron chi connectivity index (χ1n) is 16.4. The van der Waals surface area contributed by atoms with E-state index in [-0.39, 0.29) is 5.56 Å². The minimum Gasteiger partial charge on any atom is -0.455 e. The van der Waals surface area contributed by atoms with E-state index >= 15 is 0 Å². The van der Waals surface area contributed by atoms with Crippen LogP contribution in [0, 0.1) is 6.85 Å². The Bertz CT molecular complexity index is 2230. The molecule has 0 atom stereocenters. The quantitative estimate of drug-likeness (QED) is 0.218. The molecule has 0 saturated carbocycles. The molecule has 0 saturated heterocycles. The van der Waals surface area contributed by atoms with Gasteiger partial charge in [-0.3, -0.25) is 4.57 Å². The van der Waals surface area contributed by atoms with Crippen molar-refractivity contribution in [2.45, 2.75) is 46.3 Å². The van der Waals surface area contributed by atoms with Crippen molar-refractivity contribution in [3.05, 3.63) is 120 Å². The van der Waals surface area contributed by atoms with Crippen LogP contribution >= 0.6 is 0 Å². The van der Waals surface area contributed by atoms with Crippen molar-refractivity contribution in [2.24, 2.45) is 0 Å². The molecule has 0 unspecified atom stereocenters. The lowest BCUT2D eigenvalue weighted by Gasteiger charge is -2.24. The zero-order valence-corrected chi connectivity index (χ0v) is 23.6. The molecule has 3 nitrogen and oxygen atoms in total. The van der Waals surface area contributed by atoms with Crippen LogP contribution in [-0.2, 0) is 0 Å². The van der Waals surface area contributed by atoms with Gasteiger partial charge in [-0.15, -0.1) is 0 Å². The SMILES string of the molecule is [2H]C([2H])([2H])c1ccc2c(c1)oc1c(-c3nc4ccccc4n3-c3c(C([2H])(C)C)cc(-c4ccccc4)cc3C([2H])(C)C)cccc12. The highest BCUT2D eigenvalue weighted by molar-refractivity contribution is 6.09. The van der Waals surface area contributed by atoms with E-state index in [0.29, 0.717) is 17.0 Å². The van der Waals surface area contributed by atoms with Crippen molar-refractivity contribution in [3.63, 3.8) is 0 Å². The minimum atomic E-state index is -2.26. The summed E-state index contributed by atoms with van der Waals surface area (Å²) in [6.07, 6.45) is 0. The highest BCUT2D eigenvalue weighted by Crippen LogP contribution is 2.42. The van der Waals surface area contributed by atoms with Crippen LogP contribution in [0.3, 0.4) is 0 Å². The lowest BCUT2D eigenvalue weighted by molar-refractivity contribution is 0.669. The van der Waals surface area contributed by atoms with Crippen LogP contribution in [-0.4, -0.2) is 9.55 Å². The van der Waals surface area contributed by atoms with Crippen LogP contribution in [0.25, 0.3) is 61.2 Å². The van der Waals surface area contributed by atoms with Crippen LogP contribution in [0.2, 0.25) is 0 Å². The average Bonchev–Trinajstić information content (AvgIpc) is 3.58. The van der Waals surface area contributed by atoms with Gasteiger partial charge in [0.25, 0.3) is 0 Å². The fourth-order valence-electron chi connectivity index (χ4n) is 5.84. The molecule has 2 aromatic heterocycles. The van der Waals surface area contributed by atoms with E-state index in [2.05, 4.69) is 28.8 Å². The number of aryl methyl sites for hydroxylation is 1. The maximum Gasteiger partial charge on any atom is 0.149 e. The summed E-state index contributed by atoms with van der Waals surface area (Å²) in [6.45, 7) is 5.26. The number of nitrogens with zero attached hydrogens (tertiary/aromatic N) is 2. The number of benzene rings is 5. The lowest BCUT2D eigenvalue weighted by Crippen LogP contribution is -2.09. The van der Waals surface area contributed by atoms with Crippen molar-refractivity contribution >= 4 is 33.0 Å². The highest BCUT2D eigenvalue weighted by Gasteiger charge is 2.25. The van der Waals surface area contributed by atoms with Crippen molar-refractivity contribution < 1.29 is 11.3 Å². The molecule has 0 amide bonds. The number of para-hydroxylation sites is 3. The summed E-state index contributed by atoms with van der Waals surface area (Å²) in [6, 6.07) is 33.0. The smallest absolute Gasteiger partial charge is 0.149 e. The molecule has 0 fully saturated rings. The number of furan rings is 1. The number of hydrogen-bond donors (Lipinski definition) is 0. The fourth-order valence-corrected chi connectivity index (χ4v) is 5.84. The second kappa shape index (κ2) is 9.78. The normalized spacial score (nSPS) is 14.6. The van der Waals surface area contributed by atoms with Gasteiger partial charge in [0.05, 0.1) is 22.3 Å². The molecule has 2 heterocycles. The highest BCUT2D eigenvalue weighted by atomic mass is 16.3. The number of fused-ring (bicyclic) bond motifs is 4.